The lowest BCUT2D eigenvalue weighted by Crippen LogP contribution is -2.35. The van der Waals surface area contributed by atoms with Gasteiger partial charge in [-0.2, -0.15) is 0 Å². The number of hydrogen-bond acceptors (Lipinski definition) is 2. The monoisotopic (exact) mass is 232 g/mol. The third-order valence-corrected chi connectivity index (χ3v) is 2.82. The summed E-state index contributed by atoms with van der Waals surface area (Å²) in [6.45, 7) is 4.61. The van der Waals surface area contributed by atoms with Gasteiger partial charge < -0.3 is 4.98 Å². The Kier molecular flexibility index (Phi) is 3.13. The molecule has 1 N–H and O–H groups in total. The number of benzene rings is 1. The van der Waals surface area contributed by atoms with E-state index in [9.17, 15) is 9.59 Å². The van der Waals surface area contributed by atoms with E-state index < -0.39 is 0 Å². The highest BCUT2D eigenvalue weighted by Gasteiger charge is 2.07. The maximum absolute atomic E-state index is 12.1. The van der Waals surface area contributed by atoms with Crippen molar-refractivity contribution in [1.29, 1.82) is 0 Å². The average molecular weight is 232 g/mol. The van der Waals surface area contributed by atoms with E-state index in [2.05, 4.69) is 18.8 Å². The molecule has 0 aliphatic carbocycles. The highest BCUT2D eigenvalue weighted by molar-refractivity contribution is 5.76. The second-order valence-electron chi connectivity index (χ2n) is 4.62. The summed E-state index contributed by atoms with van der Waals surface area (Å²) < 4.78 is 1.28. The first kappa shape index (κ1) is 11.6. The van der Waals surface area contributed by atoms with Crippen LogP contribution in [0.5, 0.6) is 0 Å². The van der Waals surface area contributed by atoms with Crippen molar-refractivity contribution < 1.29 is 0 Å². The van der Waals surface area contributed by atoms with Gasteiger partial charge in [0.15, 0.2) is 0 Å². The predicted octanol–water partition coefficient (Wildman–Crippen LogP) is 1.74. The molecule has 0 amide bonds. The summed E-state index contributed by atoms with van der Waals surface area (Å²) in [5, 5.41) is 0.566. The van der Waals surface area contributed by atoms with Crippen molar-refractivity contribution in [3.05, 3.63) is 45.1 Å². The molecule has 0 saturated carbocycles. The van der Waals surface area contributed by atoms with E-state index in [4.69, 9.17) is 0 Å². The molecule has 1 heterocycles. The number of H-pyrrole nitrogens is 1. The molecule has 0 spiro atoms. The minimum absolute atomic E-state index is 0.204. The van der Waals surface area contributed by atoms with Crippen LogP contribution in [0.15, 0.2) is 33.9 Å². The van der Waals surface area contributed by atoms with Gasteiger partial charge >= 0.3 is 5.69 Å². The number of rotatable bonds is 3. The van der Waals surface area contributed by atoms with E-state index >= 15 is 0 Å². The molecule has 4 heteroatoms. The molecular weight excluding hydrogens is 216 g/mol. The van der Waals surface area contributed by atoms with Crippen LogP contribution >= 0.6 is 0 Å². The molecule has 2 rings (SSSR count). The summed E-state index contributed by atoms with van der Waals surface area (Å²) in [6, 6.07) is 7.08. The summed E-state index contributed by atoms with van der Waals surface area (Å²) in [7, 11) is 0. The van der Waals surface area contributed by atoms with Crippen LogP contribution in [0, 0.1) is 5.92 Å². The van der Waals surface area contributed by atoms with Gasteiger partial charge in [0.05, 0.1) is 10.9 Å². The van der Waals surface area contributed by atoms with Crippen molar-refractivity contribution in [3.8, 4) is 0 Å². The third kappa shape index (κ3) is 2.30. The fraction of sp³-hybridized carbons (Fsp3) is 0.385. The maximum atomic E-state index is 12.1. The van der Waals surface area contributed by atoms with E-state index in [1.165, 1.54) is 4.57 Å². The van der Waals surface area contributed by atoms with Gasteiger partial charge in [-0.05, 0) is 24.5 Å². The fourth-order valence-corrected chi connectivity index (χ4v) is 1.79. The minimum atomic E-state index is -0.325. The lowest BCUT2D eigenvalue weighted by atomic mass is 10.1. The Hall–Kier alpha value is -1.84. The maximum Gasteiger partial charge on any atom is 0.328 e. The van der Waals surface area contributed by atoms with Crippen LogP contribution in [0.2, 0.25) is 0 Å². The highest BCUT2D eigenvalue weighted by Crippen LogP contribution is 2.04. The second-order valence-corrected chi connectivity index (χ2v) is 4.62. The van der Waals surface area contributed by atoms with Gasteiger partial charge in [0.2, 0.25) is 0 Å². The van der Waals surface area contributed by atoms with Crippen molar-refractivity contribution in [2.24, 2.45) is 5.92 Å². The molecule has 0 aliphatic heterocycles. The average Bonchev–Trinajstić information content (AvgIpc) is 2.28. The van der Waals surface area contributed by atoms with Crippen LogP contribution in [0.25, 0.3) is 10.9 Å². The van der Waals surface area contributed by atoms with E-state index in [0.29, 0.717) is 23.4 Å². The topological polar surface area (TPSA) is 54.9 Å². The molecule has 17 heavy (non-hydrogen) atoms. The van der Waals surface area contributed by atoms with Crippen LogP contribution in [0.3, 0.4) is 0 Å². The smallest absolute Gasteiger partial charge is 0.307 e. The molecule has 2 aromatic rings. The van der Waals surface area contributed by atoms with Gasteiger partial charge in [-0.1, -0.05) is 26.0 Å². The number of nitrogens with zero attached hydrogens (tertiary/aromatic N) is 1. The Morgan fingerprint density at radius 3 is 2.65 bits per heavy atom. The Bertz CT molecular complexity index is 638. The zero-order valence-electron chi connectivity index (χ0n) is 10.1. The summed E-state index contributed by atoms with van der Waals surface area (Å²) in [5.41, 5.74) is 0.0719. The first-order valence-corrected chi connectivity index (χ1v) is 5.81. The predicted molar refractivity (Wildman–Crippen MR) is 68.3 cm³/mol. The Labute approximate surface area is 98.9 Å². The largest absolute Gasteiger partial charge is 0.328 e. The van der Waals surface area contributed by atoms with Gasteiger partial charge in [-0.3, -0.25) is 9.36 Å². The molecule has 4 nitrogen and oxygen atoms in total. The Morgan fingerprint density at radius 1 is 1.24 bits per heavy atom. The van der Waals surface area contributed by atoms with E-state index in [0.717, 1.165) is 6.42 Å². The van der Waals surface area contributed by atoms with Crippen LogP contribution in [-0.2, 0) is 6.54 Å². The SMILES string of the molecule is CC(C)CCn1c(=O)[nH]c2ccccc2c1=O. The second kappa shape index (κ2) is 4.57. The molecule has 0 fully saturated rings. The number of nitrogens with one attached hydrogen (secondary N) is 1. The zero-order valence-corrected chi connectivity index (χ0v) is 10.1. The summed E-state index contributed by atoms with van der Waals surface area (Å²) >= 11 is 0. The van der Waals surface area contributed by atoms with Crippen molar-refractivity contribution in [1.82, 2.24) is 9.55 Å². The lowest BCUT2D eigenvalue weighted by molar-refractivity contribution is 0.497. The molecule has 0 bridgehead atoms. The van der Waals surface area contributed by atoms with Crippen molar-refractivity contribution >= 4 is 10.9 Å². The van der Waals surface area contributed by atoms with Gasteiger partial charge in [-0.15, -0.1) is 0 Å². The van der Waals surface area contributed by atoms with Crippen LogP contribution < -0.4 is 11.2 Å². The van der Waals surface area contributed by atoms with Gasteiger partial charge in [-0.25, -0.2) is 4.79 Å². The standard InChI is InChI=1S/C13H16N2O2/c1-9(2)7-8-15-12(16)10-5-3-4-6-11(10)14-13(15)17/h3-6,9H,7-8H2,1-2H3,(H,14,17). The first-order valence-electron chi connectivity index (χ1n) is 5.81. The lowest BCUT2D eigenvalue weighted by Gasteiger charge is -2.07. The summed E-state index contributed by atoms with van der Waals surface area (Å²) in [6.07, 6.45) is 0.821. The van der Waals surface area contributed by atoms with Crippen molar-refractivity contribution in [2.45, 2.75) is 26.8 Å². The number of aromatic nitrogens is 2. The first-order chi connectivity index (χ1) is 8.09. The zero-order chi connectivity index (χ0) is 12.4. The highest BCUT2D eigenvalue weighted by atomic mass is 16.2. The molecule has 0 atom stereocenters. The number of hydrogen-bond donors (Lipinski definition) is 1. The Balaban J connectivity index is 2.56. The third-order valence-electron chi connectivity index (χ3n) is 2.82. The Morgan fingerprint density at radius 2 is 1.94 bits per heavy atom. The van der Waals surface area contributed by atoms with Crippen LogP contribution in [-0.4, -0.2) is 9.55 Å². The fourth-order valence-electron chi connectivity index (χ4n) is 1.79. The van der Waals surface area contributed by atoms with Crippen molar-refractivity contribution in [2.75, 3.05) is 0 Å². The van der Waals surface area contributed by atoms with Crippen molar-refractivity contribution in [3.63, 3.8) is 0 Å². The molecule has 90 valence electrons. The minimum Gasteiger partial charge on any atom is -0.307 e. The summed E-state index contributed by atoms with van der Waals surface area (Å²) in [5.74, 6) is 0.466. The molecule has 0 unspecified atom stereocenters. The number of aromatic amines is 1. The number of fused-ring (bicyclic) bond motifs is 1. The van der Waals surface area contributed by atoms with E-state index in [-0.39, 0.29) is 11.2 Å². The van der Waals surface area contributed by atoms with Crippen LogP contribution in [0.1, 0.15) is 20.3 Å². The van der Waals surface area contributed by atoms with E-state index in [1.54, 1.807) is 24.3 Å². The molecule has 1 aromatic carbocycles. The van der Waals surface area contributed by atoms with E-state index in [1.807, 2.05) is 0 Å². The summed E-state index contributed by atoms with van der Waals surface area (Å²) in [4.78, 5) is 26.6. The molecule has 0 radical (unpaired) electrons. The molecule has 0 aliphatic rings. The van der Waals surface area contributed by atoms with Gasteiger partial charge in [0.1, 0.15) is 0 Å². The van der Waals surface area contributed by atoms with Gasteiger partial charge in [0.25, 0.3) is 5.56 Å². The molecule has 1 aromatic heterocycles. The number of para-hydroxylation sites is 1. The molecular formula is C13H16N2O2. The van der Waals surface area contributed by atoms with Gasteiger partial charge in [0, 0.05) is 6.54 Å². The van der Waals surface area contributed by atoms with Crippen LogP contribution in [0.4, 0.5) is 0 Å². The quantitative estimate of drug-likeness (QED) is 0.876. The molecule has 0 saturated heterocycles. The normalized spacial score (nSPS) is 11.2.